The van der Waals surface area contributed by atoms with Crippen molar-refractivity contribution in [2.75, 3.05) is 13.1 Å². The molecular weight excluding hydrogens is 354 g/mol. The Balaban J connectivity index is 2.35. The third-order valence-corrected chi connectivity index (χ3v) is 5.87. The fourth-order valence-corrected chi connectivity index (χ4v) is 4.32. The zero-order valence-corrected chi connectivity index (χ0v) is 13.1. The first-order valence-corrected chi connectivity index (χ1v) is 8.22. The lowest BCUT2D eigenvalue weighted by atomic mass is 9.94. The number of halogens is 3. The van der Waals surface area contributed by atoms with Gasteiger partial charge < -0.3 is 5.11 Å². The van der Waals surface area contributed by atoms with E-state index in [1.807, 2.05) is 0 Å². The van der Waals surface area contributed by atoms with Crippen LogP contribution in [0.1, 0.15) is 12.0 Å². The number of nitrogens with zero attached hydrogens (tertiary/aromatic N) is 2. The van der Waals surface area contributed by atoms with E-state index in [9.17, 15) is 22.0 Å². The molecule has 0 bridgehead atoms. The molecule has 10 heteroatoms. The van der Waals surface area contributed by atoms with Crippen LogP contribution in [0.15, 0.2) is 23.1 Å². The molecule has 6 nitrogen and oxygen atoms in total. The molecule has 1 aromatic carbocycles. The van der Waals surface area contributed by atoms with Crippen molar-refractivity contribution in [1.29, 1.82) is 5.26 Å². The molecule has 1 unspecified atom stereocenters. The van der Waals surface area contributed by atoms with E-state index in [0.717, 1.165) is 12.1 Å². The normalized spacial score (nSPS) is 21.6. The van der Waals surface area contributed by atoms with Crippen LogP contribution in [0.4, 0.5) is 8.78 Å². The number of benzene rings is 1. The molecule has 1 fully saturated rings. The number of carboxylic acids is 1. The SMILES string of the molecule is N#Cc1ccc(S(=O)(=O)N2CCC(C(=O)O)C(F)(F)C2)c(Cl)c1. The Kier molecular flexibility index (Phi) is 4.61. The largest absolute Gasteiger partial charge is 0.481 e. The van der Waals surface area contributed by atoms with Crippen LogP contribution in [0.5, 0.6) is 0 Å². The summed E-state index contributed by atoms with van der Waals surface area (Å²) in [6, 6.07) is 5.18. The highest BCUT2D eigenvalue weighted by atomic mass is 35.5. The second-order valence-electron chi connectivity index (χ2n) is 5.04. The van der Waals surface area contributed by atoms with Crippen LogP contribution < -0.4 is 0 Å². The summed E-state index contributed by atoms with van der Waals surface area (Å²) in [5.74, 6) is -7.27. The van der Waals surface area contributed by atoms with Crippen LogP contribution in [0, 0.1) is 17.2 Å². The van der Waals surface area contributed by atoms with E-state index in [0.29, 0.717) is 4.31 Å². The molecule has 1 atom stereocenters. The van der Waals surface area contributed by atoms with Gasteiger partial charge in [0.25, 0.3) is 5.92 Å². The van der Waals surface area contributed by atoms with Gasteiger partial charge in [0.2, 0.25) is 10.0 Å². The first kappa shape index (κ1) is 17.6. The van der Waals surface area contributed by atoms with Gasteiger partial charge in [-0.1, -0.05) is 11.6 Å². The van der Waals surface area contributed by atoms with E-state index >= 15 is 0 Å². The van der Waals surface area contributed by atoms with E-state index < -0.39 is 45.7 Å². The lowest BCUT2D eigenvalue weighted by Gasteiger charge is -2.35. The first-order chi connectivity index (χ1) is 10.6. The minimum absolute atomic E-state index is 0.129. The summed E-state index contributed by atoms with van der Waals surface area (Å²) in [4.78, 5) is 10.4. The molecule has 2 rings (SSSR count). The Morgan fingerprint density at radius 2 is 2.13 bits per heavy atom. The Bertz CT molecular complexity index is 792. The van der Waals surface area contributed by atoms with E-state index in [1.54, 1.807) is 6.07 Å². The van der Waals surface area contributed by atoms with E-state index in [2.05, 4.69) is 0 Å². The maximum Gasteiger partial charge on any atom is 0.312 e. The van der Waals surface area contributed by atoms with E-state index in [-0.39, 0.29) is 17.1 Å². The summed E-state index contributed by atoms with van der Waals surface area (Å²) in [5, 5.41) is 17.3. The summed E-state index contributed by atoms with van der Waals surface area (Å²) in [7, 11) is -4.32. The van der Waals surface area contributed by atoms with E-state index in [4.69, 9.17) is 22.0 Å². The molecular formula is C13H11ClF2N2O4S. The second-order valence-corrected chi connectivity index (χ2v) is 7.35. The Morgan fingerprint density at radius 3 is 2.61 bits per heavy atom. The molecule has 23 heavy (non-hydrogen) atoms. The number of sulfonamides is 1. The smallest absolute Gasteiger partial charge is 0.312 e. The van der Waals surface area contributed by atoms with Gasteiger partial charge in [-0.3, -0.25) is 4.79 Å². The number of carbonyl (C=O) groups is 1. The van der Waals surface area contributed by atoms with Gasteiger partial charge in [-0.25, -0.2) is 17.2 Å². The summed E-state index contributed by atoms with van der Waals surface area (Å²) >= 11 is 5.82. The number of alkyl halides is 2. The van der Waals surface area contributed by atoms with Gasteiger partial charge in [0.05, 0.1) is 23.2 Å². The quantitative estimate of drug-likeness (QED) is 0.883. The summed E-state index contributed by atoms with van der Waals surface area (Å²) in [6.45, 7) is -1.59. The third-order valence-electron chi connectivity index (χ3n) is 3.54. The summed E-state index contributed by atoms with van der Waals surface area (Å²) < 4.78 is 53.2. The fourth-order valence-electron chi connectivity index (χ4n) is 2.34. The highest BCUT2D eigenvalue weighted by molar-refractivity contribution is 7.89. The van der Waals surface area contributed by atoms with Gasteiger partial charge in [0, 0.05) is 6.54 Å². The molecule has 0 aromatic heterocycles. The molecule has 0 aliphatic carbocycles. The average Bonchev–Trinajstić information content (AvgIpc) is 2.45. The Hall–Kier alpha value is -1.76. The molecule has 0 spiro atoms. The summed E-state index contributed by atoms with van der Waals surface area (Å²) in [5.41, 5.74) is 0.129. The zero-order valence-electron chi connectivity index (χ0n) is 11.5. The van der Waals surface area contributed by atoms with Crippen molar-refractivity contribution in [2.45, 2.75) is 17.2 Å². The number of nitriles is 1. The molecule has 1 heterocycles. The molecule has 0 saturated carbocycles. The Morgan fingerprint density at radius 1 is 1.48 bits per heavy atom. The molecule has 1 aliphatic rings. The number of carboxylic acid groups (broad SMARTS) is 1. The van der Waals surface area contributed by atoms with Gasteiger partial charge >= 0.3 is 5.97 Å². The van der Waals surface area contributed by atoms with Crippen LogP contribution in [0.2, 0.25) is 5.02 Å². The van der Waals surface area contributed by atoms with Crippen LogP contribution in [0.25, 0.3) is 0 Å². The van der Waals surface area contributed by atoms with Gasteiger partial charge in [-0.15, -0.1) is 0 Å². The van der Waals surface area contributed by atoms with Crippen LogP contribution in [-0.2, 0) is 14.8 Å². The summed E-state index contributed by atoms with van der Waals surface area (Å²) in [6.07, 6.45) is -0.505. The third kappa shape index (κ3) is 3.29. The predicted molar refractivity (Wildman–Crippen MR) is 75.6 cm³/mol. The molecule has 0 amide bonds. The fraction of sp³-hybridized carbons (Fsp3) is 0.385. The molecule has 1 aliphatic heterocycles. The standard InChI is InChI=1S/C13H11ClF2N2O4S/c14-10-5-8(6-17)1-2-11(10)23(21,22)18-4-3-9(12(19)20)13(15,16)7-18/h1-2,5,9H,3-4,7H2,(H,19,20). The minimum atomic E-state index is -4.32. The minimum Gasteiger partial charge on any atom is -0.481 e. The van der Waals surface area contributed by atoms with Crippen LogP contribution >= 0.6 is 11.6 Å². The van der Waals surface area contributed by atoms with Crippen molar-refractivity contribution < 1.29 is 27.1 Å². The number of piperidine rings is 1. The highest BCUT2D eigenvalue weighted by Gasteiger charge is 2.51. The number of rotatable bonds is 3. The topological polar surface area (TPSA) is 98.5 Å². The van der Waals surface area contributed by atoms with Crippen molar-refractivity contribution in [2.24, 2.45) is 5.92 Å². The van der Waals surface area contributed by atoms with Crippen molar-refractivity contribution in [3.8, 4) is 6.07 Å². The maximum atomic E-state index is 13.9. The van der Waals surface area contributed by atoms with E-state index in [1.165, 1.54) is 6.07 Å². The molecule has 1 N–H and O–H groups in total. The predicted octanol–water partition coefficient (Wildman–Crippen LogP) is 1.94. The van der Waals surface area contributed by atoms with Gasteiger partial charge in [-0.05, 0) is 24.6 Å². The van der Waals surface area contributed by atoms with Crippen molar-refractivity contribution in [3.63, 3.8) is 0 Å². The lowest BCUT2D eigenvalue weighted by molar-refractivity contribution is -0.163. The number of hydrogen-bond donors (Lipinski definition) is 1. The zero-order chi connectivity index (χ0) is 17.4. The number of hydrogen-bond acceptors (Lipinski definition) is 4. The molecule has 0 radical (unpaired) electrons. The van der Waals surface area contributed by atoms with Crippen molar-refractivity contribution in [3.05, 3.63) is 28.8 Å². The molecule has 1 saturated heterocycles. The first-order valence-electron chi connectivity index (χ1n) is 6.40. The highest BCUT2D eigenvalue weighted by Crippen LogP contribution is 2.36. The van der Waals surface area contributed by atoms with Gasteiger partial charge in [0.15, 0.2) is 0 Å². The number of aliphatic carboxylic acids is 1. The van der Waals surface area contributed by atoms with Crippen molar-refractivity contribution >= 4 is 27.6 Å². The van der Waals surface area contributed by atoms with Gasteiger partial charge in [0.1, 0.15) is 10.8 Å². The lowest BCUT2D eigenvalue weighted by Crippen LogP contribution is -2.52. The van der Waals surface area contributed by atoms with Gasteiger partial charge in [-0.2, -0.15) is 9.57 Å². The van der Waals surface area contributed by atoms with Crippen LogP contribution in [0.3, 0.4) is 0 Å². The maximum absolute atomic E-state index is 13.9. The molecule has 1 aromatic rings. The second kappa shape index (κ2) is 6.03. The monoisotopic (exact) mass is 364 g/mol. The Labute approximate surface area is 135 Å². The van der Waals surface area contributed by atoms with Crippen LogP contribution in [-0.4, -0.2) is 42.8 Å². The molecule has 124 valence electrons. The van der Waals surface area contributed by atoms with Crippen molar-refractivity contribution in [1.82, 2.24) is 4.31 Å². The average molecular weight is 365 g/mol.